The lowest BCUT2D eigenvalue weighted by Crippen LogP contribution is -2.41. The Kier molecular flexibility index (Phi) is 6.69. The summed E-state index contributed by atoms with van der Waals surface area (Å²) in [4.78, 5) is 29.3. The highest BCUT2D eigenvalue weighted by atomic mass is 16.6. The van der Waals surface area contributed by atoms with E-state index in [1.165, 1.54) is 5.56 Å². The highest BCUT2D eigenvalue weighted by Crippen LogP contribution is 2.50. The molecule has 0 aliphatic carbocycles. The number of para-hydroxylation sites is 1. The van der Waals surface area contributed by atoms with Gasteiger partial charge in [0.25, 0.3) is 0 Å². The number of nitrogens with zero attached hydrogens (tertiary/aromatic N) is 2. The lowest BCUT2D eigenvalue weighted by molar-refractivity contribution is -0.160. The van der Waals surface area contributed by atoms with Crippen LogP contribution in [0.25, 0.3) is 10.9 Å². The van der Waals surface area contributed by atoms with Crippen molar-refractivity contribution < 1.29 is 19.1 Å². The Morgan fingerprint density at radius 2 is 1.54 bits per heavy atom. The number of hydrogen-bond donors (Lipinski definition) is 0. The number of ether oxygens (including phenoxy) is 2. The predicted octanol–water partition coefficient (Wildman–Crippen LogP) is 5.87. The van der Waals surface area contributed by atoms with E-state index in [0.717, 1.165) is 22.0 Å². The van der Waals surface area contributed by atoms with Gasteiger partial charge in [-0.05, 0) is 37.1 Å². The van der Waals surface area contributed by atoms with E-state index in [1.807, 2.05) is 71.6 Å². The van der Waals surface area contributed by atoms with Gasteiger partial charge in [-0.3, -0.25) is 4.79 Å². The summed E-state index contributed by atoms with van der Waals surface area (Å²) in [6, 6.07) is 28.3. The smallest absolute Gasteiger partial charge is 0.347 e. The van der Waals surface area contributed by atoms with Gasteiger partial charge in [-0.1, -0.05) is 78.9 Å². The van der Waals surface area contributed by atoms with Crippen LogP contribution in [0.1, 0.15) is 36.6 Å². The molecule has 1 saturated heterocycles. The molecule has 0 bridgehead atoms. The molecule has 4 atom stereocenters. The number of carbonyl (C=O) groups is 2. The molecular weight excluding hydrogens is 488 g/mol. The molecule has 0 spiro atoms. The van der Waals surface area contributed by atoms with Crippen LogP contribution in [0.2, 0.25) is 0 Å². The fourth-order valence-corrected chi connectivity index (χ4v) is 6.19. The number of fused-ring (bicyclic) bond motifs is 2. The minimum atomic E-state index is -0.870. The van der Waals surface area contributed by atoms with Crippen molar-refractivity contribution in [2.75, 3.05) is 6.61 Å². The molecule has 3 aromatic carbocycles. The van der Waals surface area contributed by atoms with Crippen LogP contribution in [0.4, 0.5) is 0 Å². The summed E-state index contributed by atoms with van der Waals surface area (Å²) in [6.45, 7) is 4.98. The Balaban J connectivity index is 1.51. The second kappa shape index (κ2) is 10.4. The van der Waals surface area contributed by atoms with Gasteiger partial charge in [-0.2, -0.15) is 0 Å². The number of likely N-dealkylation sites (tertiary alicyclic amines) is 1. The Morgan fingerprint density at radius 1 is 0.897 bits per heavy atom. The maximum Gasteiger partial charge on any atom is 0.347 e. The zero-order valence-corrected chi connectivity index (χ0v) is 22.2. The van der Waals surface area contributed by atoms with Gasteiger partial charge in [0.1, 0.15) is 0 Å². The number of esters is 1. The average Bonchev–Trinajstić information content (AvgIpc) is 3.44. The molecular formula is C33H32N2O4. The monoisotopic (exact) mass is 520 g/mol. The average molecular weight is 521 g/mol. The summed E-state index contributed by atoms with van der Waals surface area (Å²) in [5.74, 6) is -0.731. The summed E-state index contributed by atoms with van der Waals surface area (Å²) in [7, 11) is 0. The lowest BCUT2D eigenvalue weighted by atomic mass is 9.80. The van der Waals surface area contributed by atoms with Crippen molar-refractivity contribution in [1.82, 2.24) is 9.47 Å². The number of benzene rings is 3. The van der Waals surface area contributed by atoms with Crippen LogP contribution < -0.4 is 0 Å². The zero-order chi connectivity index (χ0) is 26.9. The molecule has 39 heavy (non-hydrogen) atoms. The van der Waals surface area contributed by atoms with Crippen LogP contribution in [0.3, 0.4) is 0 Å². The molecule has 6 heteroatoms. The largest absolute Gasteiger partial charge is 0.483 e. The van der Waals surface area contributed by atoms with Gasteiger partial charge in [0.15, 0.2) is 0 Å². The van der Waals surface area contributed by atoms with Crippen molar-refractivity contribution in [3.63, 3.8) is 0 Å². The third-order valence-electron chi connectivity index (χ3n) is 7.81. The first kappa shape index (κ1) is 25.0. The van der Waals surface area contributed by atoms with E-state index in [2.05, 4.69) is 35.0 Å². The molecule has 6 rings (SSSR count). The highest BCUT2D eigenvalue weighted by Gasteiger charge is 2.56. The maximum absolute atomic E-state index is 14.1. The molecule has 0 unspecified atom stereocenters. The van der Waals surface area contributed by atoms with Crippen molar-refractivity contribution in [3.05, 3.63) is 120 Å². The predicted molar refractivity (Wildman–Crippen MR) is 149 cm³/mol. The summed E-state index contributed by atoms with van der Waals surface area (Å²) in [5.41, 5.74) is 4.33. The Labute approximate surface area is 228 Å². The number of hydrogen-bond acceptors (Lipinski definition) is 4. The molecule has 2 aliphatic rings. The maximum atomic E-state index is 14.1. The van der Waals surface area contributed by atoms with Gasteiger partial charge in [0, 0.05) is 41.7 Å². The van der Waals surface area contributed by atoms with Crippen molar-refractivity contribution >= 4 is 22.8 Å². The second-order valence-electron chi connectivity index (χ2n) is 10.3. The molecule has 2 aliphatic heterocycles. The standard InChI is InChI=1S/C33H32N2O4/c1-3-38-33(37)31-29-26(18-22(2)39-31)32(36)35(20-24-14-8-5-9-15-24)30(29)27-21-34(19-23-12-6-4-7-13-23)28-17-11-10-16-25(27)28/h4-18,21,26,29-31H,3,19-20H2,1-2H3/t26-,29+,30-,31-/m0/s1. The van der Waals surface area contributed by atoms with Crippen molar-refractivity contribution in [2.45, 2.75) is 39.1 Å². The van der Waals surface area contributed by atoms with Crippen molar-refractivity contribution in [1.29, 1.82) is 0 Å². The molecule has 198 valence electrons. The Hall–Kier alpha value is -4.32. The van der Waals surface area contributed by atoms with E-state index in [9.17, 15) is 9.59 Å². The topological polar surface area (TPSA) is 60.8 Å². The minimum Gasteiger partial charge on any atom is -0.483 e. The van der Waals surface area contributed by atoms with E-state index < -0.39 is 23.9 Å². The first-order valence-corrected chi connectivity index (χ1v) is 13.5. The number of carbonyl (C=O) groups excluding carboxylic acids is 2. The third-order valence-corrected chi connectivity index (χ3v) is 7.81. The Morgan fingerprint density at radius 3 is 2.23 bits per heavy atom. The molecule has 3 heterocycles. The summed E-state index contributed by atoms with van der Waals surface area (Å²) in [6.07, 6.45) is 3.17. The fraction of sp³-hybridized carbons (Fsp3) is 0.273. The van der Waals surface area contributed by atoms with E-state index in [4.69, 9.17) is 9.47 Å². The number of amides is 1. The summed E-state index contributed by atoms with van der Waals surface area (Å²) >= 11 is 0. The van der Waals surface area contributed by atoms with E-state index in [1.54, 1.807) is 13.8 Å². The molecule has 1 fully saturated rings. The first-order valence-electron chi connectivity index (χ1n) is 13.5. The van der Waals surface area contributed by atoms with Crippen LogP contribution in [0, 0.1) is 11.8 Å². The third kappa shape index (κ3) is 4.60. The number of allylic oxidation sites excluding steroid dienone is 1. The van der Waals surface area contributed by atoms with Crippen LogP contribution >= 0.6 is 0 Å². The van der Waals surface area contributed by atoms with Gasteiger partial charge in [-0.25, -0.2) is 4.79 Å². The molecule has 0 saturated carbocycles. The molecule has 6 nitrogen and oxygen atoms in total. The number of rotatable bonds is 7. The first-order chi connectivity index (χ1) is 19.0. The molecule has 1 amide bonds. The van der Waals surface area contributed by atoms with E-state index in [-0.39, 0.29) is 18.6 Å². The molecule has 0 radical (unpaired) electrons. The van der Waals surface area contributed by atoms with Gasteiger partial charge in [-0.15, -0.1) is 0 Å². The second-order valence-corrected chi connectivity index (χ2v) is 10.3. The van der Waals surface area contributed by atoms with Gasteiger partial charge in [0.05, 0.1) is 24.3 Å². The SMILES string of the molecule is CCOC(=O)[C@H]1OC(C)=C[C@@H]2C(=O)N(Cc3ccccc3)[C@@H](c3cn(Cc4ccccc4)c4ccccc34)[C@@H]21. The van der Waals surface area contributed by atoms with E-state index in [0.29, 0.717) is 18.8 Å². The van der Waals surface area contributed by atoms with Gasteiger partial charge < -0.3 is 18.9 Å². The molecule has 4 aromatic rings. The van der Waals surface area contributed by atoms with Gasteiger partial charge in [0.2, 0.25) is 12.0 Å². The van der Waals surface area contributed by atoms with Crippen molar-refractivity contribution in [2.24, 2.45) is 11.8 Å². The normalized spacial score (nSPS) is 22.4. The van der Waals surface area contributed by atoms with Crippen LogP contribution in [-0.4, -0.2) is 34.1 Å². The number of aromatic nitrogens is 1. The fourth-order valence-electron chi connectivity index (χ4n) is 6.19. The van der Waals surface area contributed by atoms with Crippen molar-refractivity contribution in [3.8, 4) is 0 Å². The van der Waals surface area contributed by atoms with Crippen LogP contribution in [0.5, 0.6) is 0 Å². The zero-order valence-electron chi connectivity index (χ0n) is 22.2. The molecule has 0 N–H and O–H groups in total. The van der Waals surface area contributed by atoms with E-state index >= 15 is 0 Å². The quantitative estimate of drug-likeness (QED) is 0.286. The van der Waals surface area contributed by atoms with Gasteiger partial charge >= 0.3 is 5.97 Å². The minimum absolute atomic E-state index is 0.00527. The van der Waals surface area contributed by atoms with Crippen LogP contribution in [-0.2, 0) is 32.2 Å². The Bertz CT molecular complexity index is 1530. The summed E-state index contributed by atoms with van der Waals surface area (Å²) in [5, 5.41) is 1.07. The lowest BCUT2D eigenvalue weighted by Gasteiger charge is -2.34. The highest BCUT2D eigenvalue weighted by molar-refractivity contribution is 5.90. The summed E-state index contributed by atoms with van der Waals surface area (Å²) < 4.78 is 13.8. The molecule has 1 aromatic heterocycles. The van der Waals surface area contributed by atoms with Crippen LogP contribution in [0.15, 0.2) is 103 Å².